The van der Waals surface area contributed by atoms with Crippen LogP contribution in [0.2, 0.25) is 0 Å². The lowest BCUT2D eigenvalue weighted by atomic mass is 10.0. The molecule has 0 spiro atoms. The zero-order valence-corrected chi connectivity index (χ0v) is 11.4. The van der Waals surface area contributed by atoms with Gasteiger partial charge in [0.2, 0.25) is 0 Å². The summed E-state index contributed by atoms with van der Waals surface area (Å²) in [5.41, 5.74) is 1.12. The second-order valence-corrected chi connectivity index (χ2v) is 5.32. The highest BCUT2D eigenvalue weighted by Gasteiger charge is 2.17. The van der Waals surface area contributed by atoms with Gasteiger partial charge in [-0.2, -0.15) is 0 Å². The van der Waals surface area contributed by atoms with Gasteiger partial charge in [-0.1, -0.05) is 24.3 Å². The molecule has 1 aromatic rings. The van der Waals surface area contributed by atoms with Crippen LogP contribution >= 0.6 is 0 Å². The largest absolute Gasteiger partial charge is 0.460 e. The monoisotopic (exact) mass is 248 g/mol. The smallest absolute Gasteiger partial charge is 0.306 e. The molecule has 0 saturated heterocycles. The summed E-state index contributed by atoms with van der Waals surface area (Å²) in [7, 11) is 0. The van der Waals surface area contributed by atoms with Gasteiger partial charge in [0, 0.05) is 12.0 Å². The Morgan fingerprint density at radius 3 is 2.28 bits per heavy atom. The van der Waals surface area contributed by atoms with E-state index < -0.39 is 5.60 Å². The van der Waals surface area contributed by atoms with Crippen molar-refractivity contribution < 1.29 is 14.3 Å². The van der Waals surface area contributed by atoms with Gasteiger partial charge in [0.15, 0.2) is 5.78 Å². The van der Waals surface area contributed by atoms with E-state index in [2.05, 4.69) is 0 Å². The average molecular weight is 248 g/mol. The van der Waals surface area contributed by atoms with Crippen molar-refractivity contribution >= 4 is 11.8 Å². The summed E-state index contributed by atoms with van der Waals surface area (Å²) in [5, 5.41) is 0. The second kappa shape index (κ2) is 5.80. The molecule has 0 aliphatic rings. The molecule has 0 unspecified atom stereocenters. The Bertz CT molecular complexity index is 441. The Morgan fingerprint density at radius 2 is 1.72 bits per heavy atom. The first-order valence-electron chi connectivity index (χ1n) is 6.10. The van der Waals surface area contributed by atoms with Crippen LogP contribution in [0.25, 0.3) is 0 Å². The molecule has 0 heterocycles. The van der Waals surface area contributed by atoms with Crippen LogP contribution in [0.3, 0.4) is 0 Å². The number of carbonyl (C=O) groups excluding carboxylic acids is 2. The summed E-state index contributed by atoms with van der Waals surface area (Å²) >= 11 is 0. The standard InChI is InChI=1S/C15H20O3/c1-11-7-5-6-8-12(11)13(16)9-10-14(17)18-15(2,3)4/h5-8H,9-10H2,1-4H3. The van der Waals surface area contributed by atoms with E-state index in [9.17, 15) is 9.59 Å². The van der Waals surface area contributed by atoms with Crippen molar-refractivity contribution in [1.82, 2.24) is 0 Å². The van der Waals surface area contributed by atoms with Crippen molar-refractivity contribution in [2.75, 3.05) is 0 Å². The molecule has 0 radical (unpaired) electrons. The minimum atomic E-state index is -0.497. The van der Waals surface area contributed by atoms with Crippen LogP contribution in [0.1, 0.15) is 49.5 Å². The van der Waals surface area contributed by atoms with Crippen LogP contribution in [-0.2, 0) is 9.53 Å². The number of ether oxygens (including phenoxy) is 1. The van der Waals surface area contributed by atoms with Crippen LogP contribution in [0.4, 0.5) is 0 Å². The molecule has 0 bridgehead atoms. The molecule has 0 atom stereocenters. The molecule has 18 heavy (non-hydrogen) atoms. The third-order valence-electron chi connectivity index (χ3n) is 2.42. The Labute approximate surface area is 108 Å². The van der Waals surface area contributed by atoms with Gasteiger partial charge in [0.25, 0.3) is 0 Å². The summed E-state index contributed by atoms with van der Waals surface area (Å²) in [6, 6.07) is 7.39. The summed E-state index contributed by atoms with van der Waals surface area (Å²) in [6.07, 6.45) is 0.324. The average Bonchev–Trinajstić information content (AvgIpc) is 2.24. The van der Waals surface area contributed by atoms with E-state index in [-0.39, 0.29) is 24.6 Å². The predicted molar refractivity (Wildman–Crippen MR) is 70.6 cm³/mol. The van der Waals surface area contributed by atoms with E-state index >= 15 is 0 Å². The maximum absolute atomic E-state index is 11.9. The van der Waals surface area contributed by atoms with Gasteiger partial charge in [-0.15, -0.1) is 0 Å². The molecule has 1 rings (SSSR count). The van der Waals surface area contributed by atoms with Crippen LogP contribution in [-0.4, -0.2) is 17.4 Å². The highest BCUT2D eigenvalue weighted by Crippen LogP contribution is 2.13. The molecule has 0 fully saturated rings. The minimum absolute atomic E-state index is 0.0149. The number of Topliss-reactive ketones (excluding diaryl/α,β-unsaturated/α-hetero) is 1. The van der Waals surface area contributed by atoms with Crippen LogP contribution < -0.4 is 0 Å². The maximum atomic E-state index is 11.9. The number of rotatable bonds is 4. The number of carbonyl (C=O) groups is 2. The van der Waals surface area contributed by atoms with Gasteiger partial charge in [0.05, 0.1) is 6.42 Å². The van der Waals surface area contributed by atoms with Gasteiger partial charge >= 0.3 is 5.97 Å². The summed E-state index contributed by atoms with van der Waals surface area (Å²) in [6.45, 7) is 7.33. The zero-order valence-electron chi connectivity index (χ0n) is 11.4. The van der Waals surface area contributed by atoms with Crippen LogP contribution in [0.15, 0.2) is 24.3 Å². The summed E-state index contributed by atoms with van der Waals surface area (Å²) in [4.78, 5) is 23.4. The van der Waals surface area contributed by atoms with Crippen molar-refractivity contribution in [2.24, 2.45) is 0 Å². The van der Waals surface area contributed by atoms with E-state index in [1.54, 1.807) is 6.07 Å². The molecule has 0 aromatic heterocycles. The molecule has 0 amide bonds. The lowest BCUT2D eigenvalue weighted by molar-refractivity contribution is -0.154. The van der Waals surface area contributed by atoms with Crippen LogP contribution in [0, 0.1) is 6.92 Å². The van der Waals surface area contributed by atoms with E-state index in [0.29, 0.717) is 5.56 Å². The lowest BCUT2D eigenvalue weighted by Gasteiger charge is -2.19. The molecule has 1 aromatic carbocycles. The van der Waals surface area contributed by atoms with Crippen molar-refractivity contribution in [3.63, 3.8) is 0 Å². The van der Waals surface area contributed by atoms with Gasteiger partial charge in [-0.3, -0.25) is 9.59 Å². The first-order chi connectivity index (χ1) is 8.29. The van der Waals surface area contributed by atoms with Crippen LogP contribution in [0.5, 0.6) is 0 Å². The fraction of sp³-hybridized carbons (Fsp3) is 0.467. The number of hydrogen-bond acceptors (Lipinski definition) is 3. The fourth-order valence-electron chi connectivity index (χ4n) is 1.63. The SMILES string of the molecule is Cc1ccccc1C(=O)CCC(=O)OC(C)(C)C. The molecule has 0 saturated carbocycles. The molecule has 3 nitrogen and oxygen atoms in total. The molecular weight excluding hydrogens is 228 g/mol. The Morgan fingerprint density at radius 1 is 1.11 bits per heavy atom. The molecule has 0 aliphatic carbocycles. The van der Waals surface area contributed by atoms with Gasteiger partial charge in [0.1, 0.15) is 5.60 Å². The van der Waals surface area contributed by atoms with Crippen molar-refractivity contribution in [1.29, 1.82) is 0 Å². The molecule has 98 valence electrons. The van der Waals surface area contributed by atoms with Gasteiger partial charge in [-0.05, 0) is 33.3 Å². The van der Waals surface area contributed by atoms with Crippen molar-refractivity contribution in [2.45, 2.75) is 46.1 Å². The predicted octanol–water partition coefficient (Wildman–Crippen LogP) is 3.30. The minimum Gasteiger partial charge on any atom is -0.460 e. The number of esters is 1. The highest BCUT2D eigenvalue weighted by atomic mass is 16.6. The topological polar surface area (TPSA) is 43.4 Å². The van der Waals surface area contributed by atoms with E-state index in [0.717, 1.165) is 5.56 Å². The molecule has 3 heteroatoms. The highest BCUT2D eigenvalue weighted by molar-refractivity contribution is 5.98. The molecule has 0 aliphatic heterocycles. The van der Waals surface area contributed by atoms with Crippen molar-refractivity contribution in [3.8, 4) is 0 Å². The van der Waals surface area contributed by atoms with E-state index in [1.807, 2.05) is 45.9 Å². The summed E-state index contributed by atoms with van der Waals surface area (Å²) < 4.78 is 5.16. The normalized spacial score (nSPS) is 11.1. The zero-order chi connectivity index (χ0) is 13.8. The number of aryl methyl sites for hydroxylation is 1. The third-order valence-corrected chi connectivity index (χ3v) is 2.42. The maximum Gasteiger partial charge on any atom is 0.306 e. The van der Waals surface area contributed by atoms with Gasteiger partial charge in [-0.25, -0.2) is 0 Å². The Hall–Kier alpha value is -1.64. The second-order valence-electron chi connectivity index (χ2n) is 5.32. The van der Waals surface area contributed by atoms with Gasteiger partial charge < -0.3 is 4.74 Å². The first kappa shape index (κ1) is 14.4. The lowest BCUT2D eigenvalue weighted by Crippen LogP contribution is -2.24. The molecule has 0 N–H and O–H groups in total. The molecular formula is C15H20O3. The quantitative estimate of drug-likeness (QED) is 0.606. The number of ketones is 1. The number of benzene rings is 1. The third kappa shape index (κ3) is 4.70. The van der Waals surface area contributed by atoms with E-state index in [4.69, 9.17) is 4.74 Å². The van der Waals surface area contributed by atoms with E-state index in [1.165, 1.54) is 0 Å². The first-order valence-corrected chi connectivity index (χ1v) is 6.10. The Kier molecular flexibility index (Phi) is 4.65. The van der Waals surface area contributed by atoms with Crippen molar-refractivity contribution in [3.05, 3.63) is 35.4 Å². The fourth-order valence-corrected chi connectivity index (χ4v) is 1.63. The summed E-state index contributed by atoms with van der Waals surface area (Å²) in [5.74, 6) is -0.344. The number of hydrogen-bond donors (Lipinski definition) is 0. The Balaban J connectivity index is 2.52.